The zero-order chi connectivity index (χ0) is 7.28. The molecule has 0 saturated heterocycles. The van der Waals surface area contributed by atoms with Gasteiger partial charge in [-0.2, -0.15) is 0 Å². The van der Waals surface area contributed by atoms with Crippen LogP contribution in [0, 0.1) is 0 Å². The van der Waals surface area contributed by atoms with Gasteiger partial charge in [-0.05, 0) is 11.6 Å². The third-order valence-electron chi connectivity index (χ3n) is 0.740. The average Bonchev–Trinajstić information content (AvgIpc) is 1.83. The summed E-state index contributed by atoms with van der Waals surface area (Å²) in [5.74, 6) is 0. The number of halogens is 1. The Kier molecular flexibility index (Phi) is 3.81. The molecule has 9 heavy (non-hydrogen) atoms. The van der Waals surface area contributed by atoms with E-state index >= 15 is 0 Å². The van der Waals surface area contributed by atoms with E-state index in [9.17, 15) is 0 Å². The van der Waals surface area contributed by atoms with Crippen LogP contribution in [0.1, 0.15) is 0 Å². The lowest BCUT2D eigenvalue weighted by Gasteiger charge is -1.84. The molecule has 0 unspecified atom stereocenters. The molecule has 0 saturated carbocycles. The summed E-state index contributed by atoms with van der Waals surface area (Å²) < 4.78 is 0. The van der Waals surface area contributed by atoms with Gasteiger partial charge in [-0.25, -0.2) is 0 Å². The first-order chi connectivity index (χ1) is 4.16. The van der Waals surface area contributed by atoms with Crippen LogP contribution in [0.5, 0.6) is 0 Å². The van der Waals surface area contributed by atoms with Crippen molar-refractivity contribution in [2.24, 2.45) is 0 Å². The van der Waals surface area contributed by atoms with E-state index < -0.39 is 0 Å². The second-order valence-corrected chi connectivity index (χ2v) is 2.04. The Morgan fingerprint density at radius 3 is 2.11 bits per heavy atom. The lowest BCUT2D eigenvalue weighted by atomic mass is 10.3. The van der Waals surface area contributed by atoms with Crippen LogP contribution in [-0.4, -0.2) is 0 Å². The Labute approximate surface area is 60.8 Å². The lowest BCUT2D eigenvalue weighted by Crippen LogP contribution is -1.63. The monoisotopic (exact) mass is 140 g/mol. The Morgan fingerprint density at radius 2 is 1.78 bits per heavy atom. The fourth-order valence-electron chi connectivity index (χ4n) is 0.266. The second-order valence-electron chi connectivity index (χ2n) is 1.56. The normalized spacial score (nSPS) is 9.44. The van der Waals surface area contributed by atoms with Crippen molar-refractivity contribution in [3.05, 3.63) is 48.6 Å². The largest absolute Gasteiger partial charge is 0.0985 e. The zero-order valence-corrected chi connectivity index (χ0v) is 5.99. The highest BCUT2D eigenvalue weighted by Crippen LogP contribution is 2.01. The minimum absolute atomic E-state index is 0.498. The minimum atomic E-state index is 0.498. The van der Waals surface area contributed by atoms with E-state index in [-0.39, 0.29) is 0 Å². The van der Waals surface area contributed by atoms with Crippen LogP contribution in [0.2, 0.25) is 0 Å². The highest BCUT2D eigenvalue weighted by atomic mass is 35.5. The highest BCUT2D eigenvalue weighted by Gasteiger charge is 1.77. The molecule has 0 radical (unpaired) electrons. The number of rotatable bonds is 3. The molecule has 0 atom stereocenters. The van der Waals surface area contributed by atoms with Gasteiger partial charge in [0.25, 0.3) is 0 Å². The van der Waals surface area contributed by atoms with Gasteiger partial charge in [-0.15, -0.1) is 0 Å². The Hall–Kier alpha value is -0.750. The lowest BCUT2D eigenvalue weighted by molar-refractivity contribution is 1.75. The molecule has 0 spiro atoms. The molecule has 0 aliphatic rings. The first kappa shape index (κ1) is 8.25. The smallest absolute Gasteiger partial charge is 0.0334 e. The van der Waals surface area contributed by atoms with Crippen LogP contribution < -0.4 is 0 Å². The molecule has 0 aliphatic heterocycles. The molecule has 0 fully saturated rings. The van der Waals surface area contributed by atoms with E-state index in [1.54, 1.807) is 18.2 Å². The topological polar surface area (TPSA) is 0 Å². The average molecular weight is 141 g/mol. The first-order valence-electron chi connectivity index (χ1n) is 2.50. The van der Waals surface area contributed by atoms with Crippen LogP contribution in [-0.2, 0) is 0 Å². The van der Waals surface area contributed by atoms with Crippen LogP contribution in [0.15, 0.2) is 48.6 Å². The third-order valence-corrected chi connectivity index (χ3v) is 0.866. The van der Waals surface area contributed by atoms with Gasteiger partial charge in [-0.3, -0.25) is 0 Å². The fraction of sp³-hybridized carbons (Fsp3) is 0. The minimum Gasteiger partial charge on any atom is -0.0985 e. The summed E-state index contributed by atoms with van der Waals surface area (Å²) >= 11 is 5.42. The maximum absolute atomic E-state index is 5.42. The van der Waals surface area contributed by atoms with Crippen molar-refractivity contribution < 1.29 is 0 Å². The van der Waals surface area contributed by atoms with Gasteiger partial charge in [0.1, 0.15) is 0 Å². The Morgan fingerprint density at radius 1 is 1.22 bits per heavy atom. The van der Waals surface area contributed by atoms with E-state index in [1.165, 1.54) is 0 Å². The van der Waals surface area contributed by atoms with Crippen molar-refractivity contribution >= 4 is 11.6 Å². The maximum atomic E-state index is 5.42. The molecule has 0 heterocycles. The SMILES string of the molecule is C=CC(=C)/C=C\C(=C)Cl. The third kappa shape index (κ3) is 5.12. The Bertz CT molecular complexity index is 163. The molecular weight excluding hydrogens is 132 g/mol. The summed E-state index contributed by atoms with van der Waals surface area (Å²) in [7, 11) is 0. The molecule has 0 aromatic carbocycles. The van der Waals surface area contributed by atoms with Gasteiger partial charge in [0, 0.05) is 5.03 Å². The van der Waals surface area contributed by atoms with Gasteiger partial charge >= 0.3 is 0 Å². The van der Waals surface area contributed by atoms with E-state index in [1.807, 2.05) is 0 Å². The number of allylic oxidation sites excluding steroid dienone is 5. The van der Waals surface area contributed by atoms with Crippen molar-refractivity contribution in [2.75, 3.05) is 0 Å². The van der Waals surface area contributed by atoms with Gasteiger partial charge in [0.2, 0.25) is 0 Å². The summed E-state index contributed by atoms with van der Waals surface area (Å²) in [6.07, 6.45) is 5.07. The predicted octanol–water partition coefficient (Wildman–Crippen LogP) is 3.04. The molecule has 1 heteroatoms. The number of hydrogen-bond acceptors (Lipinski definition) is 0. The van der Waals surface area contributed by atoms with Crippen LogP contribution >= 0.6 is 11.6 Å². The van der Waals surface area contributed by atoms with E-state index in [2.05, 4.69) is 19.7 Å². The molecule has 0 nitrogen and oxygen atoms in total. The van der Waals surface area contributed by atoms with Crippen molar-refractivity contribution in [1.82, 2.24) is 0 Å². The molecule has 48 valence electrons. The second kappa shape index (κ2) is 4.16. The molecule has 0 N–H and O–H groups in total. The standard InChI is InChI=1S/C8H9Cl/c1-4-7(2)5-6-8(3)9/h4-6H,1-3H2/b6-5-. The quantitative estimate of drug-likeness (QED) is 0.529. The molecular formula is C8H9Cl. The molecule has 0 amide bonds. The van der Waals surface area contributed by atoms with Crippen molar-refractivity contribution in [3.63, 3.8) is 0 Å². The first-order valence-corrected chi connectivity index (χ1v) is 2.88. The van der Waals surface area contributed by atoms with Gasteiger partial charge < -0.3 is 0 Å². The summed E-state index contributed by atoms with van der Waals surface area (Å²) in [6, 6.07) is 0. The zero-order valence-electron chi connectivity index (χ0n) is 5.23. The van der Waals surface area contributed by atoms with Gasteiger partial charge in [-0.1, -0.05) is 43.5 Å². The summed E-state index contributed by atoms with van der Waals surface area (Å²) in [5.41, 5.74) is 0.830. The molecule has 0 bridgehead atoms. The van der Waals surface area contributed by atoms with Crippen molar-refractivity contribution in [1.29, 1.82) is 0 Å². The summed E-state index contributed by atoms with van der Waals surface area (Å²) in [5, 5.41) is 0.498. The fourth-order valence-corrected chi connectivity index (χ4v) is 0.328. The number of hydrogen-bond donors (Lipinski definition) is 0. The van der Waals surface area contributed by atoms with E-state index in [0.29, 0.717) is 5.03 Å². The molecule has 0 aliphatic carbocycles. The van der Waals surface area contributed by atoms with Crippen LogP contribution in [0.4, 0.5) is 0 Å². The summed E-state index contributed by atoms with van der Waals surface area (Å²) in [6.45, 7) is 10.6. The maximum Gasteiger partial charge on any atom is 0.0334 e. The highest BCUT2D eigenvalue weighted by molar-refractivity contribution is 6.30. The van der Waals surface area contributed by atoms with Crippen LogP contribution in [0.25, 0.3) is 0 Å². The summed E-state index contributed by atoms with van der Waals surface area (Å²) in [4.78, 5) is 0. The molecule has 0 rings (SSSR count). The Balaban J connectivity index is 3.85. The van der Waals surface area contributed by atoms with Crippen LogP contribution in [0.3, 0.4) is 0 Å². The van der Waals surface area contributed by atoms with Crippen molar-refractivity contribution in [3.8, 4) is 0 Å². The van der Waals surface area contributed by atoms with Crippen molar-refractivity contribution in [2.45, 2.75) is 0 Å². The van der Waals surface area contributed by atoms with E-state index in [0.717, 1.165) is 5.57 Å². The van der Waals surface area contributed by atoms with E-state index in [4.69, 9.17) is 11.6 Å². The predicted molar refractivity (Wildman–Crippen MR) is 43.5 cm³/mol. The van der Waals surface area contributed by atoms with Gasteiger partial charge in [0.05, 0.1) is 0 Å². The molecule has 0 aromatic heterocycles. The van der Waals surface area contributed by atoms with Gasteiger partial charge in [0.15, 0.2) is 0 Å². The molecule has 0 aromatic rings.